The van der Waals surface area contributed by atoms with E-state index in [-0.39, 0.29) is 6.10 Å². The van der Waals surface area contributed by atoms with E-state index < -0.39 is 6.09 Å². The number of rotatable bonds is 4. The van der Waals surface area contributed by atoms with Crippen LogP contribution in [0, 0.1) is 0 Å². The van der Waals surface area contributed by atoms with Crippen molar-refractivity contribution in [2.75, 3.05) is 5.32 Å². The van der Waals surface area contributed by atoms with Crippen LogP contribution in [0.1, 0.15) is 56.9 Å². The molecule has 1 aromatic heterocycles. The summed E-state index contributed by atoms with van der Waals surface area (Å²) in [6.07, 6.45) is 7.89. The van der Waals surface area contributed by atoms with E-state index in [0.717, 1.165) is 14.9 Å². The van der Waals surface area contributed by atoms with Gasteiger partial charge in [-0.2, -0.15) is 0 Å². The number of benzene rings is 1. The molecule has 2 aromatic rings. The highest BCUT2D eigenvalue weighted by Crippen LogP contribution is 2.39. The molecule has 3 rings (SSSR count). The molecule has 0 bridgehead atoms. The molecule has 1 aliphatic rings. The van der Waals surface area contributed by atoms with Crippen molar-refractivity contribution in [2.45, 2.75) is 58.0 Å². The molecule has 1 amide bonds. The maximum absolute atomic E-state index is 11.7. The second-order valence-electron chi connectivity index (χ2n) is 6.67. The molecule has 1 N–H and O–H groups in total. The van der Waals surface area contributed by atoms with Gasteiger partial charge in [-0.15, -0.1) is 11.3 Å². The van der Waals surface area contributed by atoms with E-state index in [0.29, 0.717) is 11.6 Å². The molecule has 0 unspecified atom stereocenters. The third kappa shape index (κ3) is 4.82. The van der Waals surface area contributed by atoms with Gasteiger partial charge in [0, 0.05) is 27.8 Å². The largest absolute Gasteiger partial charge is 0.447 e. The molecule has 6 heteroatoms. The number of carbonyl (C=O) groups is 1. The van der Waals surface area contributed by atoms with Gasteiger partial charge in [-0.25, -0.2) is 9.78 Å². The lowest BCUT2D eigenvalue weighted by Gasteiger charge is -2.18. The van der Waals surface area contributed by atoms with Crippen molar-refractivity contribution in [1.82, 2.24) is 4.98 Å². The first kappa shape index (κ1) is 18.4. The van der Waals surface area contributed by atoms with E-state index >= 15 is 0 Å². The van der Waals surface area contributed by atoms with Gasteiger partial charge in [0.15, 0.2) is 0 Å². The zero-order valence-corrected chi connectivity index (χ0v) is 17.0. The van der Waals surface area contributed by atoms with Gasteiger partial charge in [-0.3, -0.25) is 5.32 Å². The summed E-state index contributed by atoms with van der Waals surface area (Å²) in [5.41, 5.74) is 1.81. The molecule has 1 heterocycles. The van der Waals surface area contributed by atoms with Gasteiger partial charge in [-0.1, -0.05) is 41.3 Å². The van der Waals surface area contributed by atoms with Crippen LogP contribution in [-0.4, -0.2) is 17.2 Å². The highest BCUT2D eigenvalue weighted by Gasteiger charge is 2.19. The molecule has 134 valence electrons. The van der Waals surface area contributed by atoms with E-state index in [4.69, 9.17) is 4.74 Å². The second kappa shape index (κ2) is 8.32. The van der Waals surface area contributed by atoms with Crippen LogP contribution in [0.15, 0.2) is 28.9 Å². The summed E-state index contributed by atoms with van der Waals surface area (Å²) >= 11 is 5.40. The number of halogens is 1. The maximum atomic E-state index is 11.7. The first-order valence-electron chi connectivity index (χ1n) is 8.76. The molecular weight excluding hydrogens is 400 g/mol. The fraction of sp³-hybridized carbons (Fsp3) is 0.474. The molecule has 1 aromatic carbocycles. The Morgan fingerprint density at radius 2 is 2.08 bits per heavy atom. The summed E-state index contributed by atoms with van der Waals surface area (Å²) in [4.78, 5) is 17.5. The van der Waals surface area contributed by atoms with E-state index in [1.807, 2.05) is 38.2 Å². The quantitative estimate of drug-likeness (QED) is 0.605. The van der Waals surface area contributed by atoms with Gasteiger partial charge < -0.3 is 4.74 Å². The minimum Gasteiger partial charge on any atom is -0.447 e. The van der Waals surface area contributed by atoms with Crippen LogP contribution < -0.4 is 5.32 Å². The zero-order chi connectivity index (χ0) is 17.8. The summed E-state index contributed by atoms with van der Waals surface area (Å²) in [5.74, 6) is 0.623. The summed E-state index contributed by atoms with van der Waals surface area (Å²) in [5, 5.41) is 4.00. The van der Waals surface area contributed by atoms with Gasteiger partial charge in [-0.05, 0) is 38.8 Å². The Hall–Kier alpha value is -1.40. The van der Waals surface area contributed by atoms with Gasteiger partial charge >= 0.3 is 6.09 Å². The number of carbonyl (C=O) groups excluding carboxylic acids is 1. The maximum Gasteiger partial charge on any atom is 0.411 e. The van der Waals surface area contributed by atoms with Gasteiger partial charge in [0.1, 0.15) is 0 Å². The standard InChI is InChI=1S/C19H23BrN2O2S/c1-12(2)24-19(23)22-14-8-9-15(16(20)10-14)17-11-21-18(25-17)13-6-4-3-5-7-13/h8-13H,3-7H2,1-2H3,(H,22,23). The smallest absolute Gasteiger partial charge is 0.411 e. The minimum atomic E-state index is -0.438. The average Bonchev–Trinajstić information content (AvgIpc) is 3.04. The van der Waals surface area contributed by atoms with Gasteiger partial charge in [0.25, 0.3) is 0 Å². The summed E-state index contributed by atoms with van der Waals surface area (Å²) in [7, 11) is 0. The lowest BCUT2D eigenvalue weighted by atomic mass is 9.90. The number of hydrogen-bond donors (Lipinski definition) is 1. The van der Waals surface area contributed by atoms with Crippen LogP contribution >= 0.6 is 27.3 Å². The predicted molar refractivity (Wildman–Crippen MR) is 106 cm³/mol. The molecule has 0 atom stereocenters. The highest BCUT2D eigenvalue weighted by atomic mass is 79.9. The van der Waals surface area contributed by atoms with Crippen molar-refractivity contribution in [3.63, 3.8) is 0 Å². The van der Waals surface area contributed by atoms with Crippen LogP contribution in [0.4, 0.5) is 10.5 Å². The molecule has 1 saturated carbocycles. The third-order valence-electron chi connectivity index (χ3n) is 4.30. The number of ether oxygens (including phenoxy) is 1. The molecule has 0 radical (unpaired) electrons. The highest BCUT2D eigenvalue weighted by molar-refractivity contribution is 9.10. The van der Waals surface area contributed by atoms with E-state index in [1.54, 1.807) is 11.3 Å². The first-order valence-corrected chi connectivity index (χ1v) is 10.4. The predicted octanol–water partition coefficient (Wildman–Crippen LogP) is 6.58. The van der Waals surface area contributed by atoms with Crippen molar-refractivity contribution in [3.05, 3.63) is 33.9 Å². The topological polar surface area (TPSA) is 51.2 Å². The Morgan fingerprint density at radius 3 is 2.76 bits per heavy atom. The van der Waals surface area contributed by atoms with Crippen LogP contribution in [0.3, 0.4) is 0 Å². The Balaban J connectivity index is 1.72. The number of aromatic nitrogens is 1. The first-order chi connectivity index (χ1) is 12.0. The van der Waals surface area contributed by atoms with Gasteiger partial charge in [0.2, 0.25) is 0 Å². The van der Waals surface area contributed by atoms with E-state index in [1.165, 1.54) is 37.1 Å². The van der Waals surface area contributed by atoms with Gasteiger partial charge in [0.05, 0.1) is 16.0 Å². The number of amides is 1. The number of nitrogens with zero attached hydrogens (tertiary/aromatic N) is 1. The summed E-state index contributed by atoms with van der Waals surface area (Å²) < 4.78 is 6.04. The lowest BCUT2D eigenvalue weighted by Crippen LogP contribution is -2.17. The average molecular weight is 423 g/mol. The van der Waals surface area contributed by atoms with E-state index in [9.17, 15) is 4.79 Å². The monoisotopic (exact) mass is 422 g/mol. The van der Waals surface area contributed by atoms with Crippen LogP contribution in [-0.2, 0) is 4.74 Å². The third-order valence-corrected chi connectivity index (χ3v) is 6.15. The van der Waals surface area contributed by atoms with E-state index in [2.05, 4.69) is 26.2 Å². The van der Waals surface area contributed by atoms with Crippen molar-refractivity contribution >= 4 is 39.0 Å². The molecule has 1 fully saturated rings. The van der Waals surface area contributed by atoms with Crippen molar-refractivity contribution in [3.8, 4) is 10.4 Å². The van der Waals surface area contributed by atoms with Crippen LogP contribution in [0.25, 0.3) is 10.4 Å². The van der Waals surface area contributed by atoms with Crippen LogP contribution in [0.2, 0.25) is 0 Å². The molecule has 0 spiro atoms. The minimum absolute atomic E-state index is 0.141. The summed E-state index contributed by atoms with van der Waals surface area (Å²) in [6.45, 7) is 3.65. The fourth-order valence-electron chi connectivity index (χ4n) is 3.10. The molecule has 0 saturated heterocycles. The second-order valence-corrected chi connectivity index (χ2v) is 8.59. The molecule has 1 aliphatic carbocycles. The molecule has 4 nitrogen and oxygen atoms in total. The normalized spacial score (nSPS) is 15.4. The van der Waals surface area contributed by atoms with Crippen molar-refractivity contribution in [2.24, 2.45) is 0 Å². The summed E-state index contributed by atoms with van der Waals surface area (Å²) in [6, 6.07) is 5.80. The number of hydrogen-bond acceptors (Lipinski definition) is 4. The molecular formula is C19H23BrN2O2S. The molecule has 25 heavy (non-hydrogen) atoms. The number of nitrogens with one attached hydrogen (secondary N) is 1. The lowest BCUT2D eigenvalue weighted by molar-refractivity contribution is 0.130. The zero-order valence-electron chi connectivity index (χ0n) is 14.5. The SMILES string of the molecule is CC(C)OC(=O)Nc1ccc(-c2cnc(C3CCCCC3)s2)c(Br)c1. The fourth-order valence-corrected chi connectivity index (χ4v) is 4.95. The van der Waals surface area contributed by atoms with Crippen molar-refractivity contribution in [1.29, 1.82) is 0 Å². The van der Waals surface area contributed by atoms with Crippen molar-refractivity contribution < 1.29 is 9.53 Å². The molecule has 0 aliphatic heterocycles. The Morgan fingerprint density at radius 1 is 1.32 bits per heavy atom. The Labute approximate surface area is 161 Å². The Bertz CT molecular complexity index is 739. The van der Waals surface area contributed by atoms with Crippen LogP contribution in [0.5, 0.6) is 0 Å². The number of thiazole rings is 1. The number of anilines is 1. The Kier molecular flexibility index (Phi) is 6.12.